The minimum absolute atomic E-state index is 0.0372. The third kappa shape index (κ3) is 3.85. The molecule has 2 bridgehead atoms. The Labute approximate surface area is 179 Å². The number of anilines is 1. The number of nitrogens with one attached hydrogen (secondary N) is 1. The highest BCUT2D eigenvalue weighted by atomic mass is 19.1. The van der Waals surface area contributed by atoms with Gasteiger partial charge in [-0.2, -0.15) is 0 Å². The van der Waals surface area contributed by atoms with Crippen LogP contribution in [0.1, 0.15) is 35.3 Å². The highest BCUT2D eigenvalue weighted by molar-refractivity contribution is 6.00. The summed E-state index contributed by atoms with van der Waals surface area (Å²) in [7, 11) is 0. The van der Waals surface area contributed by atoms with Crippen LogP contribution in [-0.4, -0.2) is 49.4 Å². The molecule has 31 heavy (non-hydrogen) atoms. The first-order valence-electron chi connectivity index (χ1n) is 10.5. The molecule has 3 aromatic rings. The molecule has 2 saturated heterocycles. The summed E-state index contributed by atoms with van der Waals surface area (Å²) >= 11 is 0. The average molecular weight is 418 g/mol. The maximum absolute atomic E-state index is 14.0. The predicted octanol–water partition coefficient (Wildman–Crippen LogP) is 3.49. The second-order valence-electron chi connectivity index (χ2n) is 8.26. The summed E-state index contributed by atoms with van der Waals surface area (Å²) in [6.45, 7) is 2.60. The van der Waals surface area contributed by atoms with Gasteiger partial charge in [-0.3, -0.25) is 9.78 Å². The summed E-state index contributed by atoms with van der Waals surface area (Å²) in [5, 5.41) is 3.48. The quantitative estimate of drug-likeness (QED) is 0.698. The van der Waals surface area contributed by atoms with Crippen molar-refractivity contribution < 1.29 is 9.18 Å². The summed E-state index contributed by atoms with van der Waals surface area (Å²) in [5.74, 6) is 0.949. The molecule has 1 aliphatic carbocycles. The largest absolute Gasteiger partial charge is 0.364 e. The molecular weight excluding hydrogens is 395 g/mol. The number of amides is 1. The van der Waals surface area contributed by atoms with Crippen LogP contribution in [-0.2, 0) is 0 Å². The van der Waals surface area contributed by atoms with Gasteiger partial charge in [0.15, 0.2) is 5.82 Å². The SMILES string of the molecule is Cc1cnc(NC2CC3CCC2N(C(=O)c2ccc(F)cc2-c2ncccn2)C3)cn1. The summed E-state index contributed by atoms with van der Waals surface area (Å²) < 4.78 is 14.0. The maximum Gasteiger partial charge on any atom is 0.254 e. The van der Waals surface area contributed by atoms with E-state index in [2.05, 4.69) is 25.3 Å². The molecule has 3 unspecified atom stereocenters. The van der Waals surface area contributed by atoms with Gasteiger partial charge in [-0.1, -0.05) is 0 Å². The second-order valence-corrected chi connectivity index (χ2v) is 8.26. The van der Waals surface area contributed by atoms with Gasteiger partial charge in [0.2, 0.25) is 0 Å². The summed E-state index contributed by atoms with van der Waals surface area (Å²) in [4.78, 5) is 32.7. The fraction of sp³-hybridized carbons (Fsp3) is 0.348. The molecule has 6 rings (SSSR count). The number of hydrogen-bond donors (Lipinski definition) is 1. The smallest absolute Gasteiger partial charge is 0.254 e. The Morgan fingerprint density at radius 1 is 1.13 bits per heavy atom. The van der Waals surface area contributed by atoms with Crippen molar-refractivity contribution in [1.29, 1.82) is 0 Å². The summed E-state index contributed by atoms with van der Waals surface area (Å²) in [5.41, 5.74) is 1.70. The molecule has 1 aromatic carbocycles. The Bertz CT molecular complexity index is 1090. The molecule has 2 aromatic heterocycles. The molecule has 158 valence electrons. The van der Waals surface area contributed by atoms with Gasteiger partial charge in [0.05, 0.1) is 29.7 Å². The van der Waals surface area contributed by atoms with Crippen molar-refractivity contribution >= 4 is 11.7 Å². The lowest BCUT2D eigenvalue weighted by Gasteiger charge is -2.50. The molecule has 8 heteroatoms. The van der Waals surface area contributed by atoms with Crippen LogP contribution < -0.4 is 5.32 Å². The van der Waals surface area contributed by atoms with Crippen LogP contribution in [0.5, 0.6) is 0 Å². The van der Waals surface area contributed by atoms with E-state index in [1.54, 1.807) is 36.9 Å². The molecule has 4 heterocycles. The van der Waals surface area contributed by atoms with Crippen molar-refractivity contribution in [3.63, 3.8) is 0 Å². The van der Waals surface area contributed by atoms with Crippen molar-refractivity contribution in [1.82, 2.24) is 24.8 Å². The number of fused-ring (bicyclic) bond motifs is 3. The molecule has 3 aliphatic rings. The molecule has 0 radical (unpaired) electrons. The zero-order valence-corrected chi connectivity index (χ0v) is 17.2. The molecule has 3 fully saturated rings. The lowest BCUT2D eigenvalue weighted by Crippen LogP contribution is -2.59. The van der Waals surface area contributed by atoms with Crippen LogP contribution in [0, 0.1) is 18.7 Å². The monoisotopic (exact) mass is 418 g/mol. The van der Waals surface area contributed by atoms with Gasteiger partial charge in [0, 0.05) is 30.5 Å². The van der Waals surface area contributed by atoms with Crippen LogP contribution in [0.2, 0.25) is 0 Å². The van der Waals surface area contributed by atoms with Crippen LogP contribution >= 0.6 is 0 Å². The topological polar surface area (TPSA) is 83.9 Å². The fourth-order valence-electron chi connectivity index (χ4n) is 4.72. The maximum atomic E-state index is 14.0. The van der Waals surface area contributed by atoms with E-state index in [1.165, 1.54) is 12.1 Å². The van der Waals surface area contributed by atoms with Crippen molar-refractivity contribution in [3.8, 4) is 11.4 Å². The number of rotatable bonds is 4. The Kier molecular flexibility index (Phi) is 5.05. The van der Waals surface area contributed by atoms with E-state index in [-0.39, 0.29) is 18.0 Å². The zero-order valence-electron chi connectivity index (χ0n) is 17.2. The van der Waals surface area contributed by atoms with E-state index in [1.807, 2.05) is 11.8 Å². The third-order valence-electron chi connectivity index (χ3n) is 6.17. The van der Waals surface area contributed by atoms with Crippen molar-refractivity contribution in [2.75, 3.05) is 11.9 Å². The zero-order chi connectivity index (χ0) is 21.4. The molecule has 0 spiro atoms. The van der Waals surface area contributed by atoms with Gasteiger partial charge in [-0.25, -0.2) is 19.3 Å². The molecule has 3 atom stereocenters. The summed E-state index contributed by atoms with van der Waals surface area (Å²) in [6.07, 6.45) is 9.66. The fourth-order valence-corrected chi connectivity index (χ4v) is 4.72. The normalized spacial score (nSPS) is 22.4. The van der Waals surface area contributed by atoms with Gasteiger partial charge in [-0.05, 0) is 56.4 Å². The number of hydrogen-bond acceptors (Lipinski definition) is 6. The van der Waals surface area contributed by atoms with Gasteiger partial charge < -0.3 is 10.2 Å². The van der Waals surface area contributed by atoms with E-state index in [0.29, 0.717) is 29.4 Å². The highest BCUT2D eigenvalue weighted by Crippen LogP contribution is 2.38. The van der Waals surface area contributed by atoms with Gasteiger partial charge in [0.1, 0.15) is 11.6 Å². The number of carbonyl (C=O) groups excluding carboxylic acids is 1. The Balaban J connectivity index is 1.44. The van der Waals surface area contributed by atoms with E-state index in [4.69, 9.17) is 0 Å². The third-order valence-corrected chi connectivity index (χ3v) is 6.17. The van der Waals surface area contributed by atoms with Crippen molar-refractivity contribution in [2.45, 2.75) is 38.3 Å². The Morgan fingerprint density at radius 2 is 1.97 bits per heavy atom. The van der Waals surface area contributed by atoms with E-state index in [9.17, 15) is 9.18 Å². The lowest BCUT2D eigenvalue weighted by molar-refractivity contribution is 0.0282. The molecule has 1 N–H and O–H groups in total. The number of aromatic nitrogens is 4. The van der Waals surface area contributed by atoms with Crippen molar-refractivity contribution in [2.24, 2.45) is 5.92 Å². The van der Waals surface area contributed by atoms with Gasteiger partial charge in [-0.15, -0.1) is 0 Å². The molecular formula is C23H23FN6O. The van der Waals surface area contributed by atoms with Crippen LogP contribution in [0.3, 0.4) is 0 Å². The van der Waals surface area contributed by atoms with E-state index < -0.39 is 5.82 Å². The van der Waals surface area contributed by atoms with E-state index in [0.717, 1.165) is 30.8 Å². The van der Waals surface area contributed by atoms with Crippen molar-refractivity contribution in [3.05, 3.63) is 66.1 Å². The number of nitrogens with zero attached hydrogens (tertiary/aromatic N) is 5. The predicted molar refractivity (Wildman–Crippen MR) is 114 cm³/mol. The first-order valence-corrected chi connectivity index (χ1v) is 10.5. The minimum Gasteiger partial charge on any atom is -0.364 e. The molecule has 1 amide bonds. The van der Waals surface area contributed by atoms with Crippen LogP contribution in [0.25, 0.3) is 11.4 Å². The molecule has 7 nitrogen and oxygen atoms in total. The van der Waals surface area contributed by atoms with Gasteiger partial charge in [0.25, 0.3) is 5.91 Å². The van der Waals surface area contributed by atoms with Gasteiger partial charge >= 0.3 is 0 Å². The first-order chi connectivity index (χ1) is 15.1. The number of carbonyl (C=O) groups is 1. The number of halogens is 1. The Morgan fingerprint density at radius 3 is 2.71 bits per heavy atom. The number of benzene rings is 1. The first kappa shape index (κ1) is 19.5. The number of piperidine rings is 2. The minimum atomic E-state index is -0.420. The molecule has 2 aliphatic heterocycles. The van der Waals surface area contributed by atoms with E-state index >= 15 is 0 Å². The average Bonchev–Trinajstić information content (AvgIpc) is 2.81. The van der Waals surface area contributed by atoms with Crippen LogP contribution in [0.4, 0.5) is 10.2 Å². The second kappa shape index (κ2) is 8.02. The van der Waals surface area contributed by atoms with Crippen LogP contribution in [0.15, 0.2) is 49.1 Å². The lowest BCUT2D eigenvalue weighted by atomic mass is 9.76. The summed E-state index contributed by atoms with van der Waals surface area (Å²) in [6, 6.07) is 6.03. The number of aryl methyl sites for hydroxylation is 1. The Hall–Kier alpha value is -3.42. The molecule has 1 saturated carbocycles. The standard InChI is InChI=1S/C23H23FN6O/c1-14-11-28-21(12-27-14)29-19-9-15-3-6-20(19)30(13-15)23(31)17-5-4-16(24)10-18(17)22-25-7-2-8-26-22/h2,4-5,7-8,10-12,15,19-20H,3,6,9,13H2,1H3,(H,28,29). The highest BCUT2D eigenvalue weighted by Gasteiger charge is 2.43.